The zero-order valence-electron chi connectivity index (χ0n) is 18.9. The maximum atomic E-state index is 14.5. The molecule has 1 unspecified atom stereocenters. The Balaban J connectivity index is 1.61. The summed E-state index contributed by atoms with van der Waals surface area (Å²) in [4.78, 5) is 30.8. The first-order valence-corrected chi connectivity index (χ1v) is 11.3. The van der Waals surface area contributed by atoms with Crippen molar-refractivity contribution in [2.75, 3.05) is 18.4 Å². The Labute approximate surface area is 200 Å². The van der Waals surface area contributed by atoms with Crippen LogP contribution in [0.5, 0.6) is 0 Å². The molecule has 0 bridgehead atoms. The molecule has 0 spiro atoms. The van der Waals surface area contributed by atoms with Crippen LogP contribution in [0.15, 0.2) is 31.0 Å². The summed E-state index contributed by atoms with van der Waals surface area (Å²) < 4.78 is 56.0. The number of nitrogens with one attached hydrogen (secondary N) is 1. The fourth-order valence-corrected chi connectivity index (χ4v) is 4.19. The van der Waals surface area contributed by atoms with Gasteiger partial charge in [0.15, 0.2) is 11.5 Å². The van der Waals surface area contributed by atoms with Crippen LogP contribution in [0.25, 0.3) is 11.4 Å². The third-order valence-corrected chi connectivity index (χ3v) is 5.98. The minimum atomic E-state index is -3.09. The molecule has 35 heavy (non-hydrogen) atoms. The van der Waals surface area contributed by atoms with E-state index in [9.17, 15) is 22.4 Å². The minimum Gasteiger partial charge on any atom is -0.352 e. The zero-order valence-corrected chi connectivity index (χ0v) is 20.0. The van der Waals surface area contributed by atoms with E-state index >= 15 is 0 Å². The number of aryl methyl sites for hydroxylation is 1. The van der Waals surface area contributed by atoms with E-state index in [0.29, 0.717) is 5.56 Å². The summed E-state index contributed by atoms with van der Waals surface area (Å²) in [6, 6.07) is -0.661. The quantitative estimate of drug-likeness (QED) is 0.402. The lowest BCUT2D eigenvalue weighted by Crippen LogP contribution is -2.57. The average molecular weight is 510 g/mol. The van der Waals surface area contributed by atoms with Crippen molar-refractivity contribution in [3.63, 3.8) is 0 Å². The molecule has 1 amide bonds. The first-order valence-electron chi connectivity index (χ1n) is 10.7. The molecule has 3 aromatic heterocycles. The third-order valence-electron chi connectivity index (χ3n) is 5.68. The van der Waals surface area contributed by atoms with E-state index in [1.807, 2.05) is 0 Å². The van der Waals surface area contributed by atoms with E-state index in [4.69, 9.17) is 0 Å². The lowest BCUT2D eigenvalue weighted by Gasteiger charge is -2.43. The van der Waals surface area contributed by atoms with Crippen molar-refractivity contribution in [2.24, 2.45) is 13.0 Å². The summed E-state index contributed by atoms with van der Waals surface area (Å²) >= 11 is 0. The van der Waals surface area contributed by atoms with Gasteiger partial charge in [0.1, 0.15) is 0 Å². The molecule has 4 rings (SSSR count). The van der Waals surface area contributed by atoms with Gasteiger partial charge in [-0.3, -0.25) is 9.48 Å². The van der Waals surface area contributed by atoms with Crippen molar-refractivity contribution >= 4 is 26.4 Å². The Morgan fingerprint density at radius 1 is 1.20 bits per heavy atom. The number of rotatable bonds is 6. The highest BCUT2D eigenvalue weighted by molar-refractivity contribution is 7.27. The Morgan fingerprint density at radius 3 is 2.49 bits per heavy atom. The van der Waals surface area contributed by atoms with Crippen LogP contribution in [-0.4, -0.2) is 65.6 Å². The van der Waals surface area contributed by atoms with Gasteiger partial charge < -0.3 is 10.2 Å². The van der Waals surface area contributed by atoms with Gasteiger partial charge in [-0.2, -0.15) is 5.10 Å². The number of carbonyl (C=O) groups excluding carboxylic acids is 1. The lowest BCUT2D eigenvalue weighted by atomic mass is 9.88. The van der Waals surface area contributed by atoms with Gasteiger partial charge in [-0.15, -0.1) is 9.24 Å². The zero-order chi connectivity index (χ0) is 25.3. The predicted molar refractivity (Wildman–Crippen MR) is 123 cm³/mol. The van der Waals surface area contributed by atoms with Gasteiger partial charge in [0, 0.05) is 56.3 Å². The Hall–Kier alpha value is -3.21. The van der Waals surface area contributed by atoms with Crippen molar-refractivity contribution in [2.45, 2.75) is 31.7 Å². The van der Waals surface area contributed by atoms with E-state index in [1.165, 1.54) is 4.68 Å². The van der Waals surface area contributed by atoms with Crippen molar-refractivity contribution in [3.8, 4) is 11.4 Å². The van der Waals surface area contributed by atoms with Crippen molar-refractivity contribution in [1.82, 2.24) is 34.6 Å². The number of likely N-dealkylation sites (tertiary alicyclic amines) is 1. The number of aromatic nitrogens is 6. The SMILES string of the molecule is C[C@@H]1CC(F)(F)CN(C(=O)c2nn(C)cc2-c2ncc(P)cn2)[C@@H]1CNc1ncc(C(F)F)cn1. The van der Waals surface area contributed by atoms with Gasteiger partial charge in [-0.25, -0.2) is 37.5 Å². The maximum absolute atomic E-state index is 14.5. The summed E-state index contributed by atoms with van der Waals surface area (Å²) in [5, 5.41) is 7.83. The number of alkyl halides is 4. The van der Waals surface area contributed by atoms with Crippen LogP contribution in [0.2, 0.25) is 0 Å². The van der Waals surface area contributed by atoms with Crippen molar-refractivity contribution in [1.29, 1.82) is 0 Å². The second-order valence-corrected chi connectivity index (χ2v) is 9.13. The van der Waals surface area contributed by atoms with Crippen LogP contribution in [0.1, 0.15) is 35.8 Å². The van der Waals surface area contributed by atoms with Gasteiger partial charge in [0.05, 0.1) is 23.7 Å². The second-order valence-electron chi connectivity index (χ2n) is 8.46. The summed E-state index contributed by atoms with van der Waals surface area (Å²) in [5.41, 5.74) is -0.0595. The van der Waals surface area contributed by atoms with Crippen LogP contribution in [0.3, 0.4) is 0 Å². The highest BCUT2D eigenvalue weighted by Gasteiger charge is 2.47. The molecular formula is C21H23F4N8OP. The molecule has 186 valence electrons. The molecule has 0 saturated carbocycles. The number of piperidine rings is 1. The number of anilines is 1. The molecule has 9 nitrogen and oxygen atoms in total. The van der Waals surface area contributed by atoms with Gasteiger partial charge in [0.2, 0.25) is 5.95 Å². The molecule has 3 atom stereocenters. The number of nitrogens with zero attached hydrogens (tertiary/aromatic N) is 7. The van der Waals surface area contributed by atoms with Gasteiger partial charge in [-0.1, -0.05) is 6.92 Å². The summed E-state index contributed by atoms with van der Waals surface area (Å²) in [6.07, 6.45) is 3.52. The Bertz CT molecular complexity index is 1190. The molecule has 14 heteroatoms. The van der Waals surface area contributed by atoms with E-state index in [1.54, 1.807) is 32.6 Å². The average Bonchev–Trinajstić information content (AvgIpc) is 3.19. The van der Waals surface area contributed by atoms with Gasteiger partial charge in [-0.05, 0) is 5.92 Å². The van der Waals surface area contributed by atoms with E-state index < -0.39 is 43.2 Å². The van der Waals surface area contributed by atoms with Crippen LogP contribution in [0, 0.1) is 5.92 Å². The summed E-state index contributed by atoms with van der Waals surface area (Å²) in [6.45, 7) is 0.868. The van der Waals surface area contributed by atoms with E-state index in [0.717, 1.165) is 22.6 Å². The maximum Gasteiger partial charge on any atom is 0.275 e. The van der Waals surface area contributed by atoms with E-state index in [-0.39, 0.29) is 29.6 Å². The van der Waals surface area contributed by atoms with Crippen LogP contribution in [0.4, 0.5) is 23.5 Å². The third kappa shape index (κ3) is 5.55. The molecule has 1 saturated heterocycles. The smallest absolute Gasteiger partial charge is 0.275 e. The number of carbonyl (C=O) groups is 1. The molecule has 1 aliphatic rings. The lowest BCUT2D eigenvalue weighted by molar-refractivity contribution is -0.0898. The second kappa shape index (κ2) is 9.80. The number of hydrogen-bond acceptors (Lipinski definition) is 7. The fourth-order valence-electron chi connectivity index (χ4n) is 4.04. The van der Waals surface area contributed by atoms with Crippen molar-refractivity contribution in [3.05, 3.63) is 42.2 Å². The molecule has 1 fully saturated rings. The molecular weight excluding hydrogens is 487 g/mol. The molecule has 3 aromatic rings. The van der Waals surface area contributed by atoms with Crippen molar-refractivity contribution < 1.29 is 22.4 Å². The van der Waals surface area contributed by atoms with Crippen LogP contribution in [-0.2, 0) is 7.05 Å². The summed E-state index contributed by atoms with van der Waals surface area (Å²) in [5.74, 6) is -4.07. The van der Waals surface area contributed by atoms with Gasteiger partial charge >= 0.3 is 0 Å². The predicted octanol–water partition coefficient (Wildman–Crippen LogP) is 2.70. The number of halogens is 4. The van der Waals surface area contributed by atoms with E-state index in [2.05, 4.69) is 39.6 Å². The standard InChI is InChI=1S/C21H23F4N8OP/c1-11-3-21(24,25)10-33(15(11)8-30-20-28-4-12(5-29-20)17(22)23)19(34)16-14(9-32(2)31-16)18-26-6-13(35)7-27-18/h4-7,9,11,15,17H,3,8,10,35H2,1-2H3,(H,28,29,30)/t11-,15-/m1/s1. The first-order chi connectivity index (χ1) is 16.5. The van der Waals surface area contributed by atoms with Crippen LogP contribution < -0.4 is 10.6 Å². The molecule has 1 N–H and O–H groups in total. The highest BCUT2D eigenvalue weighted by Crippen LogP contribution is 2.36. The fraction of sp³-hybridized carbons (Fsp3) is 0.429. The minimum absolute atomic E-state index is 0.0391. The molecule has 1 aliphatic heterocycles. The summed E-state index contributed by atoms with van der Waals surface area (Å²) in [7, 11) is 4.06. The molecule has 0 aliphatic carbocycles. The number of hydrogen-bond donors (Lipinski definition) is 1. The largest absolute Gasteiger partial charge is 0.352 e. The monoisotopic (exact) mass is 510 g/mol. The van der Waals surface area contributed by atoms with Gasteiger partial charge in [0.25, 0.3) is 18.3 Å². The highest BCUT2D eigenvalue weighted by atomic mass is 31.0. The van der Waals surface area contributed by atoms with Crippen LogP contribution >= 0.6 is 9.24 Å². The topological polar surface area (TPSA) is 102 Å². The number of amides is 1. The molecule has 4 heterocycles. The normalized spacial score (nSPS) is 19.7. The first kappa shape index (κ1) is 24.9. The Kier molecular flexibility index (Phi) is 6.98. The molecule has 0 aromatic carbocycles. The Morgan fingerprint density at radius 2 is 1.86 bits per heavy atom. The molecule has 0 radical (unpaired) electrons.